The Morgan fingerprint density at radius 1 is 1.11 bits per heavy atom. The fourth-order valence-corrected chi connectivity index (χ4v) is 4.05. The van der Waals surface area contributed by atoms with Crippen molar-refractivity contribution in [1.29, 1.82) is 0 Å². The quantitative estimate of drug-likeness (QED) is 0.664. The molecule has 1 aliphatic rings. The number of ether oxygens (including phenoxy) is 1. The Bertz CT molecular complexity index is 989. The third-order valence-corrected chi connectivity index (χ3v) is 5.44. The van der Waals surface area contributed by atoms with Crippen molar-refractivity contribution in [3.63, 3.8) is 0 Å². The van der Waals surface area contributed by atoms with Gasteiger partial charge in [-0.05, 0) is 39.7 Å². The number of hydrogen-bond acceptors (Lipinski definition) is 6. The Labute approximate surface area is 159 Å². The first-order valence-electron chi connectivity index (χ1n) is 9.95. The van der Waals surface area contributed by atoms with Crippen molar-refractivity contribution in [1.82, 2.24) is 15.0 Å². The summed E-state index contributed by atoms with van der Waals surface area (Å²) >= 11 is 0. The molecule has 0 saturated carbocycles. The minimum atomic E-state index is -0.205. The van der Waals surface area contributed by atoms with Crippen molar-refractivity contribution >= 4 is 28.0 Å². The van der Waals surface area contributed by atoms with Crippen molar-refractivity contribution in [2.24, 2.45) is 0 Å². The molecule has 3 aromatic rings. The number of aromatic nitrogens is 3. The van der Waals surface area contributed by atoms with Crippen LogP contribution in [0.15, 0.2) is 10.7 Å². The number of aryl methyl sites for hydroxylation is 1. The minimum absolute atomic E-state index is 0.205. The highest BCUT2D eigenvalue weighted by molar-refractivity contribution is 6.06. The van der Waals surface area contributed by atoms with Crippen LogP contribution in [0.25, 0.3) is 22.2 Å². The van der Waals surface area contributed by atoms with E-state index in [4.69, 9.17) is 14.1 Å². The Morgan fingerprint density at radius 2 is 1.89 bits per heavy atom. The van der Waals surface area contributed by atoms with E-state index in [2.05, 4.69) is 49.5 Å². The van der Waals surface area contributed by atoms with E-state index in [0.29, 0.717) is 12.3 Å². The van der Waals surface area contributed by atoms with Gasteiger partial charge in [0.1, 0.15) is 11.8 Å². The average molecular weight is 368 g/mol. The van der Waals surface area contributed by atoms with Gasteiger partial charge in [-0.15, -0.1) is 0 Å². The van der Waals surface area contributed by atoms with Crippen molar-refractivity contribution < 1.29 is 9.15 Å². The molecule has 6 nitrogen and oxygen atoms in total. The van der Waals surface area contributed by atoms with Crippen LogP contribution in [0.4, 0.5) is 5.82 Å². The van der Waals surface area contributed by atoms with Gasteiger partial charge in [-0.25, -0.2) is 15.0 Å². The van der Waals surface area contributed by atoms with Crippen LogP contribution in [0.1, 0.15) is 57.9 Å². The lowest BCUT2D eigenvalue weighted by atomic mass is 9.88. The predicted molar refractivity (Wildman–Crippen MR) is 107 cm³/mol. The number of furan rings is 1. The normalized spacial score (nSPS) is 16.0. The molecule has 3 aromatic heterocycles. The topological polar surface area (TPSA) is 64.3 Å². The number of rotatable bonds is 5. The van der Waals surface area contributed by atoms with E-state index in [1.54, 1.807) is 6.33 Å². The summed E-state index contributed by atoms with van der Waals surface area (Å²) in [5.74, 6) is 0.847. The van der Waals surface area contributed by atoms with Crippen LogP contribution in [0.5, 0.6) is 0 Å². The summed E-state index contributed by atoms with van der Waals surface area (Å²) in [5, 5.41) is 1.03. The number of anilines is 1. The first-order valence-corrected chi connectivity index (χ1v) is 9.95. The Kier molecular flexibility index (Phi) is 4.54. The Morgan fingerprint density at radius 3 is 2.59 bits per heavy atom. The van der Waals surface area contributed by atoms with Gasteiger partial charge in [-0.3, -0.25) is 0 Å². The summed E-state index contributed by atoms with van der Waals surface area (Å²) in [6.07, 6.45) is 4.44. The zero-order chi connectivity index (χ0) is 19.2. The summed E-state index contributed by atoms with van der Waals surface area (Å²) < 4.78 is 12.4. The minimum Gasteiger partial charge on any atom is -0.432 e. The molecule has 4 heterocycles. The maximum atomic E-state index is 6.27. The fraction of sp³-hybridized carbons (Fsp3) is 0.571. The van der Waals surface area contributed by atoms with E-state index in [1.165, 1.54) is 11.1 Å². The van der Waals surface area contributed by atoms with Crippen LogP contribution in [0.3, 0.4) is 0 Å². The van der Waals surface area contributed by atoms with E-state index in [9.17, 15) is 0 Å². The molecule has 0 radical (unpaired) electrons. The molecule has 1 aliphatic heterocycles. The van der Waals surface area contributed by atoms with Crippen LogP contribution < -0.4 is 4.90 Å². The molecule has 0 fully saturated rings. The maximum Gasteiger partial charge on any atom is 0.229 e. The van der Waals surface area contributed by atoms with Crippen LogP contribution >= 0.6 is 0 Å². The molecular formula is C21H28N4O2. The summed E-state index contributed by atoms with van der Waals surface area (Å²) in [5.41, 5.74) is 5.67. The summed E-state index contributed by atoms with van der Waals surface area (Å²) in [4.78, 5) is 16.2. The van der Waals surface area contributed by atoms with Crippen LogP contribution in [0, 0.1) is 0 Å². The third-order valence-electron chi connectivity index (χ3n) is 5.44. The molecule has 4 rings (SSSR count). The SMILES string of the molecule is CCCc1nc2oc3c(N(CC)CC)ncnc3c2c2c1COC(C)(C)C2. The lowest BCUT2D eigenvalue weighted by Crippen LogP contribution is -2.32. The van der Waals surface area contributed by atoms with Gasteiger partial charge >= 0.3 is 0 Å². The second-order valence-corrected chi connectivity index (χ2v) is 7.82. The van der Waals surface area contributed by atoms with Gasteiger partial charge in [0.25, 0.3) is 0 Å². The van der Waals surface area contributed by atoms with Gasteiger partial charge in [0.05, 0.1) is 23.3 Å². The van der Waals surface area contributed by atoms with Crippen LogP contribution in [0.2, 0.25) is 0 Å². The molecule has 0 atom stereocenters. The first kappa shape index (κ1) is 18.2. The molecule has 27 heavy (non-hydrogen) atoms. The van der Waals surface area contributed by atoms with Crippen molar-refractivity contribution in [3.05, 3.63) is 23.1 Å². The van der Waals surface area contributed by atoms with E-state index < -0.39 is 0 Å². The second kappa shape index (κ2) is 6.75. The van der Waals surface area contributed by atoms with E-state index >= 15 is 0 Å². The number of nitrogens with zero attached hydrogens (tertiary/aromatic N) is 4. The van der Waals surface area contributed by atoms with Gasteiger partial charge < -0.3 is 14.1 Å². The lowest BCUT2D eigenvalue weighted by Gasteiger charge is -2.33. The molecule has 6 heteroatoms. The summed E-state index contributed by atoms with van der Waals surface area (Å²) in [7, 11) is 0. The molecule has 0 bridgehead atoms. The molecule has 0 aliphatic carbocycles. The van der Waals surface area contributed by atoms with Gasteiger partial charge in [-0.2, -0.15) is 0 Å². The van der Waals surface area contributed by atoms with E-state index in [1.807, 2.05) is 0 Å². The smallest absolute Gasteiger partial charge is 0.229 e. The van der Waals surface area contributed by atoms with Crippen LogP contribution in [-0.2, 0) is 24.2 Å². The predicted octanol–water partition coefficient (Wildman–Crippen LogP) is 4.42. The number of fused-ring (bicyclic) bond motifs is 5. The van der Waals surface area contributed by atoms with Crippen molar-refractivity contribution in [2.45, 2.75) is 66.1 Å². The zero-order valence-electron chi connectivity index (χ0n) is 16.9. The highest BCUT2D eigenvalue weighted by atomic mass is 16.5. The monoisotopic (exact) mass is 368 g/mol. The molecule has 0 spiro atoms. The lowest BCUT2D eigenvalue weighted by molar-refractivity contribution is -0.0401. The largest absolute Gasteiger partial charge is 0.432 e. The van der Waals surface area contributed by atoms with E-state index in [-0.39, 0.29) is 5.60 Å². The fourth-order valence-electron chi connectivity index (χ4n) is 4.05. The number of hydrogen-bond donors (Lipinski definition) is 0. The van der Waals surface area contributed by atoms with Gasteiger partial charge in [0.15, 0.2) is 11.4 Å². The Hall–Kier alpha value is -2.21. The highest BCUT2D eigenvalue weighted by Gasteiger charge is 2.32. The Balaban J connectivity index is 2.04. The third kappa shape index (κ3) is 2.96. The van der Waals surface area contributed by atoms with Gasteiger partial charge in [0.2, 0.25) is 5.71 Å². The molecular weight excluding hydrogens is 340 g/mol. The molecule has 0 saturated heterocycles. The first-order chi connectivity index (χ1) is 13.0. The molecule has 0 aromatic carbocycles. The maximum absolute atomic E-state index is 6.27. The molecule has 0 amide bonds. The van der Waals surface area contributed by atoms with Crippen molar-refractivity contribution in [3.8, 4) is 0 Å². The van der Waals surface area contributed by atoms with Crippen LogP contribution in [-0.4, -0.2) is 33.6 Å². The van der Waals surface area contributed by atoms with E-state index in [0.717, 1.165) is 60.3 Å². The van der Waals surface area contributed by atoms with Gasteiger partial charge in [0, 0.05) is 25.1 Å². The highest BCUT2D eigenvalue weighted by Crippen LogP contribution is 2.40. The second-order valence-electron chi connectivity index (χ2n) is 7.82. The molecule has 144 valence electrons. The number of pyridine rings is 1. The standard InChI is InChI=1S/C21H28N4O2/c1-6-9-15-14-11-26-21(4,5)10-13(14)16-17-18(27-20(16)24-15)19(23-12-22-17)25(7-2)8-3/h12H,6-11H2,1-5H3. The van der Waals surface area contributed by atoms with Crippen molar-refractivity contribution in [2.75, 3.05) is 18.0 Å². The molecule has 0 N–H and O–H groups in total. The molecule has 0 unspecified atom stereocenters. The summed E-state index contributed by atoms with van der Waals surface area (Å²) in [6.45, 7) is 13.0. The van der Waals surface area contributed by atoms with Gasteiger partial charge in [-0.1, -0.05) is 13.3 Å². The summed E-state index contributed by atoms with van der Waals surface area (Å²) in [6, 6.07) is 0. The zero-order valence-corrected chi connectivity index (χ0v) is 16.9. The average Bonchev–Trinajstić information content (AvgIpc) is 3.01.